The van der Waals surface area contributed by atoms with Crippen LogP contribution >= 0.6 is 0 Å². The summed E-state index contributed by atoms with van der Waals surface area (Å²) in [7, 11) is 1.62. The van der Waals surface area contributed by atoms with E-state index in [4.69, 9.17) is 9.84 Å². The number of anilines is 1. The van der Waals surface area contributed by atoms with Crippen LogP contribution in [-0.4, -0.2) is 42.2 Å². The van der Waals surface area contributed by atoms with Crippen LogP contribution in [0.1, 0.15) is 5.56 Å². The summed E-state index contributed by atoms with van der Waals surface area (Å²) < 4.78 is 5.00. The lowest BCUT2D eigenvalue weighted by atomic mass is 10.0. The number of methoxy groups -OCH3 is 1. The third kappa shape index (κ3) is 3.23. The summed E-state index contributed by atoms with van der Waals surface area (Å²) in [5, 5.41) is 11.5. The maximum atomic E-state index is 11.8. The molecule has 1 aromatic carbocycles. The lowest BCUT2D eigenvalue weighted by Crippen LogP contribution is -2.54. The highest BCUT2D eigenvalue weighted by Gasteiger charge is 2.35. The first-order valence-electron chi connectivity index (χ1n) is 5.96. The minimum atomic E-state index is -0.854. The Kier molecular flexibility index (Phi) is 4.01. The lowest BCUT2D eigenvalue weighted by Gasteiger charge is -2.36. The fourth-order valence-electron chi connectivity index (χ4n) is 1.85. The largest absolute Gasteiger partial charge is 0.481 e. The number of hydrogen-bond donors (Lipinski definition) is 2. The van der Waals surface area contributed by atoms with Gasteiger partial charge in [0.05, 0.1) is 12.5 Å². The molecule has 2 N–H and O–H groups in total. The van der Waals surface area contributed by atoms with Crippen LogP contribution in [0.15, 0.2) is 24.3 Å². The normalized spacial score (nSPS) is 14.9. The molecule has 19 heavy (non-hydrogen) atoms. The van der Waals surface area contributed by atoms with E-state index in [9.17, 15) is 9.59 Å². The van der Waals surface area contributed by atoms with Gasteiger partial charge in [0.15, 0.2) is 0 Å². The van der Waals surface area contributed by atoms with Gasteiger partial charge in [-0.2, -0.15) is 0 Å². The average Bonchev–Trinajstić information content (AvgIpc) is 2.29. The van der Waals surface area contributed by atoms with Crippen molar-refractivity contribution in [2.75, 3.05) is 25.5 Å². The van der Waals surface area contributed by atoms with Gasteiger partial charge in [-0.25, -0.2) is 4.79 Å². The number of likely N-dealkylation sites (tertiary alicyclic amines) is 1. The Labute approximate surface area is 111 Å². The molecule has 6 nitrogen and oxygen atoms in total. The topological polar surface area (TPSA) is 78.9 Å². The quantitative estimate of drug-likeness (QED) is 0.861. The lowest BCUT2D eigenvalue weighted by molar-refractivity contribution is -0.145. The number of carboxylic acid groups (broad SMARTS) is 1. The van der Waals surface area contributed by atoms with Gasteiger partial charge in [-0.15, -0.1) is 0 Å². The van der Waals surface area contributed by atoms with Gasteiger partial charge in [-0.3, -0.25) is 4.79 Å². The van der Waals surface area contributed by atoms with E-state index in [0.29, 0.717) is 12.3 Å². The molecule has 0 atom stereocenters. The molecule has 2 amide bonds. The number of amides is 2. The highest BCUT2D eigenvalue weighted by Crippen LogP contribution is 2.18. The zero-order chi connectivity index (χ0) is 13.8. The Balaban J connectivity index is 1.84. The SMILES string of the molecule is COCc1ccc(NC(=O)N2CC(C(=O)O)C2)cc1. The van der Waals surface area contributed by atoms with E-state index in [2.05, 4.69) is 5.32 Å². The molecule has 1 aromatic rings. The standard InChI is InChI=1S/C13H16N2O4/c1-19-8-9-2-4-11(5-3-9)14-13(18)15-6-10(7-15)12(16)17/h2-5,10H,6-8H2,1H3,(H,14,18)(H,16,17). The summed E-state index contributed by atoms with van der Waals surface area (Å²) in [6, 6.07) is 7.06. The van der Waals surface area contributed by atoms with Crippen molar-refractivity contribution in [2.24, 2.45) is 5.92 Å². The van der Waals surface area contributed by atoms with Gasteiger partial charge in [0, 0.05) is 25.9 Å². The van der Waals surface area contributed by atoms with Crippen LogP contribution in [0.25, 0.3) is 0 Å². The molecule has 0 aromatic heterocycles. The molecule has 0 bridgehead atoms. The summed E-state index contributed by atoms with van der Waals surface area (Å²) in [6.07, 6.45) is 0. The van der Waals surface area contributed by atoms with Gasteiger partial charge in [0.2, 0.25) is 0 Å². The number of carboxylic acids is 1. The van der Waals surface area contributed by atoms with Crippen molar-refractivity contribution < 1.29 is 19.4 Å². The van der Waals surface area contributed by atoms with E-state index in [0.717, 1.165) is 5.56 Å². The number of carbonyl (C=O) groups is 2. The summed E-state index contributed by atoms with van der Waals surface area (Å²) in [5.41, 5.74) is 1.71. The monoisotopic (exact) mass is 264 g/mol. The molecule has 0 radical (unpaired) electrons. The molecule has 0 unspecified atom stereocenters. The average molecular weight is 264 g/mol. The van der Waals surface area contributed by atoms with E-state index < -0.39 is 11.9 Å². The molecule has 0 aliphatic carbocycles. The third-order valence-electron chi connectivity index (χ3n) is 3.03. The number of hydrogen-bond acceptors (Lipinski definition) is 3. The molecule has 1 aliphatic rings. The van der Waals surface area contributed by atoms with Crippen molar-refractivity contribution >= 4 is 17.7 Å². The molecule has 1 aliphatic heterocycles. The van der Waals surface area contributed by atoms with Crippen molar-refractivity contribution in [3.63, 3.8) is 0 Å². The van der Waals surface area contributed by atoms with Gasteiger partial charge in [0.25, 0.3) is 0 Å². The molecular formula is C13H16N2O4. The Morgan fingerprint density at radius 1 is 1.37 bits per heavy atom. The molecular weight excluding hydrogens is 248 g/mol. The molecule has 102 valence electrons. The zero-order valence-corrected chi connectivity index (χ0v) is 10.6. The van der Waals surface area contributed by atoms with E-state index in [1.807, 2.05) is 12.1 Å². The number of aliphatic carboxylic acids is 1. The van der Waals surface area contributed by atoms with Crippen molar-refractivity contribution in [2.45, 2.75) is 6.61 Å². The van der Waals surface area contributed by atoms with Gasteiger partial charge >= 0.3 is 12.0 Å². The number of nitrogens with one attached hydrogen (secondary N) is 1. The first kappa shape index (κ1) is 13.4. The predicted octanol–water partition coefficient (Wildman–Crippen LogP) is 1.38. The molecule has 2 rings (SSSR count). The first-order chi connectivity index (χ1) is 9.10. The minimum absolute atomic E-state index is 0.267. The Hall–Kier alpha value is -2.08. The second-order valence-corrected chi connectivity index (χ2v) is 4.50. The Morgan fingerprint density at radius 2 is 2.00 bits per heavy atom. The number of urea groups is 1. The van der Waals surface area contributed by atoms with Crippen molar-refractivity contribution in [1.29, 1.82) is 0 Å². The molecule has 6 heteroatoms. The number of ether oxygens (including phenoxy) is 1. The summed E-state index contributed by atoms with van der Waals surface area (Å²) in [4.78, 5) is 23.9. The zero-order valence-electron chi connectivity index (χ0n) is 10.6. The van der Waals surface area contributed by atoms with Crippen LogP contribution in [-0.2, 0) is 16.1 Å². The summed E-state index contributed by atoms with van der Waals surface area (Å²) in [6.45, 7) is 1.06. The smallest absolute Gasteiger partial charge is 0.321 e. The van der Waals surface area contributed by atoms with Crippen LogP contribution in [0.4, 0.5) is 10.5 Å². The van der Waals surface area contributed by atoms with E-state index in [1.165, 1.54) is 4.90 Å². The molecule has 1 heterocycles. The van der Waals surface area contributed by atoms with Crippen molar-refractivity contribution in [3.8, 4) is 0 Å². The van der Waals surface area contributed by atoms with Crippen molar-refractivity contribution in [3.05, 3.63) is 29.8 Å². The predicted molar refractivity (Wildman–Crippen MR) is 68.9 cm³/mol. The van der Waals surface area contributed by atoms with E-state index >= 15 is 0 Å². The first-order valence-corrected chi connectivity index (χ1v) is 5.96. The highest BCUT2D eigenvalue weighted by atomic mass is 16.5. The number of carbonyl (C=O) groups excluding carboxylic acids is 1. The Morgan fingerprint density at radius 3 is 2.53 bits per heavy atom. The third-order valence-corrected chi connectivity index (χ3v) is 3.03. The second kappa shape index (κ2) is 5.71. The van der Waals surface area contributed by atoms with E-state index in [1.54, 1.807) is 19.2 Å². The van der Waals surface area contributed by atoms with Gasteiger partial charge in [-0.1, -0.05) is 12.1 Å². The summed E-state index contributed by atoms with van der Waals surface area (Å²) in [5.74, 6) is -1.29. The van der Waals surface area contributed by atoms with E-state index in [-0.39, 0.29) is 19.1 Å². The van der Waals surface area contributed by atoms with Crippen LogP contribution < -0.4 is 5.32 Å². The number of nitrogens with zero attached hydrogens (tertiary/aromatic N) is 1. The molecule has 0 saturated carbocycles. The van der Waals surface area contributed by atoms with Crippen LogP contribution in [0.3, 0.4) is 0 Å². The van der Waals surface area contributed by atoms with Gasteiger partial charge < -0.3 is 20.1 Å². The minimum Gasteiger partial charge on any atom is -0.481 e. The summed E-state index contributed by atoms with van der Waals surface area (Å²) >= 11 is 0. The number of rotatable bonds is 4. The maximum absolute atomic E-state index is 11.8. The molecule has 1 saturated heterocycles. The second-order valence-electron chi connectivity index (χ2n) is 4.50. The van der Waals surface area contributed by atoms with Gasteiger partial charge in [0.1, 0.15) is 0 Å². The van der Waals surface area contributed by atoms with Gasteiger partial charge in [-0.05, 0) is 17.7 Å². The van der Waals surface area contributed by atoms with Crippen molar-refractivity contribution in [1.82, 2.24) is 4.90 Å². The van der Waals surface area contributed by atoms with Crippen LogP contribution in [0, 0.1) is 5.92 Å². The fraction of sp³-hybridized carbons (Fsp3) is 0.385. The Bertz CT molecular complexity index is 466. The van der Waals surface area contributed by atoms with Crippen LogP contribution in [0.5, 0.6) is 0 Å². The highest BCUT2D eigenvalue weighted by molar-refractivity contribution is 5.91. The maximum Gasteiger partial charge on any atom is 0.321 e. The number of benzene rings is 1. The molecule has 0 spiro atoms. The fourth-order valence-corrected chi connectivity index (χ4v) is 1.85. The molecule has 1 fully saturated rings. The van der Waals surface area contributed by atoms with Crippen LogP contribution in [0.2, 0.25) is 0 Å².